The Kier molecular flexibility index (Phi) is 8.08. The predicted molar refractivity (Wildman–Crippen MR) is 310 cm³/mol. The molecule has 13 aromatic rings. The van der Waals surface area contributed by atoms with Crippen LogP contribution in [0.15, 0.2) is 261 Å². The van der Waals surface area contributed by atoms with Gasteiger partial charge in [-0.1, -0.05) is 218 Å². The molecule has 74 heavy (non-hydrogen) atoms. The first-order chi connectivity index (χ1) is 36.7. The largest absolute Gasteiger partial charge is 0.310 e. The highest BCUT2D eigenvalue weighted by atomic mass is 32.1. The Balaban J connectivity index is 0.929. The molecule has 0 atom stereocenters. The summed E-state index contributed by atoms with van der Waals surface area (Å²) in [5.74, 6) is 0. The van der Waals surface area contributed by atoms with Gasteiger partial charge in [-0.2, -0.15) is 0 Å². The molecule has 342 valence electrons. The van der Waals surface area contributed by atoms with E-state index in [2.05, 4.69) is 266 Å². The smallest absolute Gasteiger partial charge is 0.0726 e. The van der Waals surface area contributed by atoms with Crippen LogP contribution in [0.2, 0.25) is 0 Å². The van der Waals surface area contributed by atoms with E-state index in [4.69, 9.17) is 0 Å². The van der Waals surface area contributed by atoms with Gasteiger partial charge in [-0.05, 0) is 148 Å². The highest BCUT2D eigenvalue weighted by molar-refractivity contribution is 7.26. The van der Waals surface area contributed by atoms with Crippen LogP contribution in [0.25, 0.3) is 86.6 Å². The van der Waals surface area contributed by atoms with Crippen molar-refractivity contribution in [3.8, 4) is 55.6 Å². The van der Waals surface area contributed by atoms with Crippen LogP contribution in [-0.4, -0.2) is 0 Å². The lowest BCUT2D eigenvalue weighted by molar-refractivity contribution is 0.793. The molecule has 1 heterocycles. The summed E-state index contributed by atoms with van der Waals surface area (Å²) < 4.78 is 2.59. The highest BCUT2D eigenvalue weighted by Crippen LogP contribution is 2.65. The minimum atomic E-state index is -0.472. The Hall–Kier alpha value is -9.08. The normalized spacial score (nSPS) is 14.2. The topological polar surface area (TPSA) is 3.24 Å². The van der Waals surface area contributed by atoms with Gasteiger partial charge in [0.25, 0.3) is 0 Å². The van der Waals surface area contributed by atoms with Crippen LogP contribution in [0.5, 0.6) is 0 Å². The number of rotatable bonds is 4. The Morgan fingerprint density at radius 3 is 1.22 bits per heavy atom. The average molecular weight is 954 g/mol. The molecule has 0 saturated heterocycles. The third kappa shape index (κ3) is 5.03. The van der Waals surface area contributed by atoms with Crippen molar-refractivity contribution in [2.75, 3.05) is 4.90 Å². The molecule has 0 saturated carbocycles. The maximum atomic E-state index is 2.55. The summed E-state index contributed by atoms with van der Waals surface area (Å²) in [6.07, 6.45) is 0. The summed E-state index contributed by atoms with van der Waals surface area (Å²) >= 11 is 1.91. The summed E-state index contributed by atoms with van der Waals surface area (Å²) in [5.41, 5.74) is 26.2. The molecular formula is C72H43NS. The first-order valence-electron chi connectivity index (χ1n) is 25.8. The number of thiophene rings is 1. The zero-order chi connectivity index (χ0) is 48.3. The molecule has 4 aliphatic carbocycles. The quantitative estimate of drug-likeness (QED) is 0.170. The van der Waals surface area contributed by atoms with Gasteiger partial charge >= 0.3 is 0 Å². The van der Waals surface area contributed by atoms with Crippen molar-refractivity contribution in [2.24, 2.45) is 0 Å². The van der Waals surface area contributed by atoms with Crippen LogP contribution in [0.3, 0.4) is 0 Å². The third-order valence-corrected chi connectivity index (χ3v) is 18.5. The van der Waals surface area contributed by atoms with Crippen molar-refractivity contribution in [3.63, 3.8) is 0 Å². The van der Waals surface area contributed by atoms with Crippen molar-refractivity contribution >= 4 is 59.3 Å². The van der Waals surface area contributed by atoms with Crippen LogP contribution in [0.1, 0.15) is 44.5 Å². The second-order valence-electron chi connectivity index (χ2n) is 20.6. The maximum absolute atomic E-state index is 2.55. The standard InChI is InChI=1S/C72H43NS/c1-2-18-44(19-3-1)58-43-60-56-38-35-47(42-69(56)74-70(60)57-27-5-4-20-48(57)58)73(45-36-39-67-59(40-45)54-26-11-17-33-66(54)71(67)61-28-12-6-21-49(61)50-22-7-13-29-62(50)71)46-34-37-55-53-25-10-16-32-65(53)72(68(55)41-46)63-30-14-8-23-51(63)52-24-9-15-31-64(52)72/h1-43H. The van der Waals surface area contributed by atoms with E-state index < -0.39 is 10.8 Å². The second kappa shape index (κ2) is 14.8. The van der Waals surface area contributed by atoms with E-state index >= 15 is 0 Å². The molecule has 2 spiro atoms. The lowest BCUT2D eigenvalue weighted by Crippen LogP contribution is -2.26. The van der Waals surface area contributed by atoms with E-state index in [9.17, 15) is 0 Å². The molecule has 12 aromatic carbocycles. The Bertz CT molecular complexity index is 4460. The molecule has 4 aliphatic rings. The first kappa shape index (κ1) is 40.5. The zero-order valence-electron chi connectivity index (χ0n) is 40.2. The van der Waals surface area contributed by atoms with E-state index in [0.717, 1.165) is 17.1 Å². The van der Waals surface area contributed by atoms with Crippen molar-refractivity contribution in [1.29, 1.82) is 0 Å². The van der Waals surface area contributed by atoms with Gasteiger partial charge in [-0.3, -0.25) is 0 Å². The molecule has 0 N–H and O–H groups in total. The van der Waals surface area contributed by atoms with Gasteiger partial charge < -0.3 is 4.90 Å². The fourth-order valence-electron chi connectivity index (χ4n) is 14.5. The molecule has 0 bridgehead atoms. The predicted octanol–water partition coefficient (Wildman–Crippen LogP) is 19.0. The third-order valence-electron chi connectivity index (χ3n) is 17.3. The van der Waals surface area contributed by atoms with Crippen molar-refractivity contribution in [1.82, 2.24) is 0 Å². The van der Waals surface area contributed by atoms with Gasteiger partial charge in [0.15, 0.2) is 0 Å². The first-order valence-corrected chi connectivity index (χ1v) is 26.6. The molecule has 1 aromatic heterocycles. The van der Waals surface area contributed by atoms with E-state index in [1.165, 1.54) is 131 Å². The van der Waals surface area contributed by atoms with Gasteiger partial charge in [0, 0.05) is 42.6 Å². The van der Waals surface area contributed by atoms with Crippen molar-refractivity contribution < 1.29 is 0 Å². The number of anilines is 3. The Labute approximate surface area is 433 Å². The summed E-state index contributed by atoms with van der Waals surface area (Å²) in [5, 5.41) is 5.16. The Morgan fingerprint density at radius 2 is 0.649 bits per heavy atom. The van der Waals surface area contributed by atoms with Crippen LogP contribution in [0.4, 0.5) is 17.1 Å². The van der Waals surface area contributed by atoms with E-state index in [-0.39, 0.29) is 0 Å². The number of nitrogens with zero attached hydrogens (tertiary/aromatic N) is 1. The highest BCUT2D eigenvalue weighted by Gasteiger charge is 2.53. The van der Waals surface area contributed by atoms with Gasteiger partial charge in [0.05, 0.1) is 10.8 Å². The van der Waals surface area contributed by atoms with E-state index in [1.807, 2.05) is 11.3 Å². The molecule has 2 heteroatoms. The fourth-order valence-corrected chi connectivity index (χ4v) is 15.7. The molecular weight excluding hydrogens is 911 g/mol. The minimum absolute atomic E-state index is 0.422. The van der Waals surface area contributed by atoms with Crippen molar-refractivity contribution in [2.45, 2.75) is 10.8 Å². The van der Waals surface area contributed by atoms with Gasteiger partial charge in [-0.15, -0.1) is 11.3 Å². The van der Waals surface area contributed by atoms with Gasteiger partial charge in [-0.25, -0.2) is 0 Å². The lowest BCUT2D eigenvalue weighted by Gasteiger charge is -2.33. The van der Waals surface area contributed by atoms with Crippen LogP contribution in [-0.2, 0) is 10.8 Å². The number of fused-ring (bicyclic) bond motifs is 25. The molecule has 0 amide bonds. The lowest BCUT2D eigenvalue weighted by atomic mass is 9.70. The molecule has 0 fully saturated rings. The monoisotopic (exact) mass is 953 g/mol. The summed E-state index contributed by atoms with van der Waals surface area (Å²) in [6, 6.07) is 98.9. The summed E-state index contributed by atoms with van der Waals surface area (Å²) in [7, 11) is 0. The van der Waals surface area contributed by atoms with E-state index in [0.29, 0.717) is 0 Å². The molecule has 0 unspecified atom stereocenters. The van der Waals surface area contributed by atoms with Crippen LogP contribution >= 0.6 is 11.3 Å². The van der Waals surface area contributed by atoms with Gasteiger partial charge in [0.1, 0.15) is 0 Å². The van der Waals surface area contributed by atoms with Crippen LogP contribution in [0, 0.1) is 0 Å². The van der Waals surface area contributed by atoms with Gasteiger partial charge in [0.2, 0.25) is 0 Å². The van der Waals surface area contributed by atoms with Crippen molar-refractivity contribution in [3.05, 3.63) is 305 Å². The number of hydrogen-bond acceptors (Lipinski definition) is 2. The number of hydrogen-bond donors (Lipinski definition) is 0. The fraction of sp³-hybridized carbons (Fsp3) is 0.0278. The molecule has 1 nitrogen and oxygen atoms in total. The average Bonchev–Trinajstić information content (AvgIpc) is 4.38. The number of benzene rings is 12. The van der Waals surface area contributed by atoms with Crippen LogP contribution < -0.4 is 4.90 Å². The molecule has 17 rings (SSSR count). The zero-order valence-corrected chi connectivity index (χ0v) is 41.0. The summed E-state index contributed by atoms with van der Waals surface area (Å²) in [6.45, 7) is 0. The summed E-state index contributed by atoms with van der Waals surface area (Å²) in [4.78, 5) is 2.55. The minimum Gasteiger partial charge on any atom is -0.310 e. The Morgan fingerprint density at radius 1 is 0.243 bits per heavy atom. The molecule has 0 aliphatic heterocycles. The SMILES string of the molecule is c1ccc(-c2cc3c4ccc(N(c5ccc6c(c5)-c5ccccc5C65c6ccccc6-c6ccccc65)c5ccc6c(c5)C5(c7ccccc7-c7ccccc75)c5ccccc5-6)cc4sc3c3ccccc23)cc1. The van der Waals surface area contributed by atoms with E-state index in [1.54, 1.807) is 0 Å². The molecule has 0 radical (unpaired) electrons. The maximum Gasteiger partial charge on any atom is 0.0726 e. The second-order valence-corrected chi connectivity index (χ2v) is 21.6.